The van der Waals surface area contributed by atoms with E-state index in [1.54, 1.807) is 12.4 Å². The second-order valence-corrected chi connectivity index (χ2v) is 4.87. The molecule has 2 rings (SSSR count). The van der Waals surface area contributed by atoms with Gasteiger partial charge in [0, 0.05) is 43.4 Å². The third-order valence-electron chi connectivity index (χ3n) is 2.57. The Morgan fingerprint density at radius 2 is 2.00 bits per heavy atom. The molecule has 0 spiro atoms. The maximum atomic E-state index is 12.0. The lowest BCUT2D eigenvalue weighted by atomic mass is 10.3. The first kappa shape index (κ1) is 11.4. The molecule has 0 saturated carbocycles. The van der Waals surface area contributed by atoms with E-state index in [-0.39, 0.29) is 5.91 Å². The smallest absolute Gasteiger partial charge is 0.257 e. The number of thioether (sulfide) groups is 1. The van der Waals surface area contributed by atoms with Crippen molar-refractivity contribution < 1.29 is 4.79 Å². The molecule has 16 heavy (non-hydrogen) atoms. The van der Waals surface area contributed by atoms with Crippen molar-refractivity contribution in [2.24, 2.45) is 0 Å². The monoisotopic (exact) mass is 237 g/mol. The first-order chi connectivity index (χ1) is 7.81. The number of carbonyl (C=O) groups is 1. The molecule has 86 valence electrons. The third kappa shape index (κ3) is 2.52. The summed E-state index contributed by atoms with van der Waals surface area (Å²) in [5.74, 6) is 2.90. The van der Waals surface area contributed by atoms with Crippen molar-refractivity contribution >= 4 is 17.7 Å². The minimum Gasteiger partial charge on any atom is -0.337 e. The number of rotatable bonds is 2. The van der Waals surface area contributed by atoms with Gasteiger partial charge in [0.25, 0.3) is 5.91 Å². The summed E-state index contributed by atoms with van der Waals surface area (Å²) in [7, 11) is 0. The molecule has 1 aromatic heterocycles. The van der Waals surface area contributed by atoms with Crippen LogP contribution in [0.15, 0.2) is 12.4 Å². The highest BCUT2D eigenvalue weighted by atomic mass is 32.2. The van der Waals surface area contributed by atoms with Crippen LogP contribution in [0.4, 0.5) is 0 Å². The zero-order chi connectivity index (χ0) is 11.4. The Balaban J connectivity index is 2.07. The van der Waals surface area contributed by atoms with Crippen LogP contribution in [0.5, 0.6) is 0 Å². The van der Waals surface area contributed by atoms with E-state index in [0.29, 0.717) is 5.56 Å². The molecular weight excluding hydrogens is 222 g/mol. The Kier molecular flexibility index (Phi) is 3.77. The van der Waals surface area contributed by atoms with Gasteiger partial charge in [-0.1, -0.05) is 6.92 Å². The van der Waals surface area contributed by atoms with E-state index in [0.717, 1.165) is 36.8 Å². The number of carbonyl (C=O) groups excluding carboxylic acids is 1. The van der Waals surface area contributed by atoms with Crippen molar-refractivity contribution in [1.29, 1.82) is 0 Å². The van der Waals surface area contributed by atoms with Crippen LogP contribution in [0.1, 0.15) is 23.1 Å². The summed E-state index contributed by atoms with van der Waals surface area (Å²) in [6.07, 6.45) is 4.07. The molecule has 1 aromatic rings. The summed E-state index contributed by atoms with van der Waals surface area (Å²) >= 11 is 1.89. The van der Waals surface area contributed by atoms with Gasteiger partial charge < -0.3 is 4.90 Å². The van der Waals surface area contributed by atoms with Crippen LogP contribution in [0.25, 0.3) is 0 Å². The predicted octanol–water partition coefficient (Wildman–Crippen LogP) is 1.23. The molecule has 0 N–H and O–H groups in total. The number of amides is 1. The highest BCUT2D eigenvalue weighted by Crippen LogP contribution is 2.12. The lowest BCUT2D eigenvalue weighted by Crippen LogP contribution is -2.38. The van der Waals surface area contributed by atoms with Crippen molar-refractivity contribution in [3.63, 3.8) is 0 Å². The summed E-state index contributed by atoms with van der Waals surface area (Å²) in [5, 5.41) is 0. The molecule has 1 amide bonds. The van der Waals surface area contributed by atoms with E-state index in [9.17, 15) is 4.79 Å². The average molecular weight is 237 g/mol. The Labute approximate surface area is 99.5 Å². The summed E-state index contributed by atoms with van der Waals surface area (Å²) in [6, 6.07) is 0. The van der Waals surface area contributed by atoms with E-state index in [1.807, 2.05) is 23.6 Å². The summed E-state index contributed by atoms with van der Waals surface area (Å²) in [4.78, 5) is 22.2. The van der Waals surface area contributed by atoms with Gasteiger partial charge in [-0.2, -0.15) is 11.8 Å². The maximum absolute atomic E-state index is 12.0. The van der Waals surface area contributed by atoms with Gasteiger partial charge >= 0.3 is 0 Å². The molecule has 0 bridgehead atoms. The van der Waals surface area contributed by atoms with Crippen molar-refractivity contribution in [1.82, 2.24) is 14.9 Å². The summed E-state index contributed by atoms with van der Waals surface area (Å²) < 4.78 is 0. The molecule has 5 heteroatoms. The topological polar surface area (TPSA) is 46.1 Å². The van der Waals surface area contributed by atoms with Gasteiger partial charge in [-0.05, 0) is 0 Å². The van der Waals surface area contributed by atoms with E-state index in [1.165, 1.54) is 0 Å². The molecular formula is C11H15N3OS. The zero-order valence-corrected chi connectivity index (χ0v) is 10.2. The number of aromatic nitrogens is 2. The average Bonchev–Trinajstić information content (AvgIpc) is 2.39. The van der Waals surface area contributed by atoms with Gasteiger partial charge in [-0.15, -0.1) is 0 Å². The Hall–Kier alpha value is -1.10. The van der Waals surface area contributed by atoms with Gasteiger partial charge in [0.1, 0.15) is 5.82 Å². The number of hydrogen-bond acceptors (Lipinski definition) is 4. The lowest BCUT2D eigenvalue weighted by molar-refractivity contribution is 0.0771. The highest BCUT2D eigenvalue weighted by molar-refractivity contribution is 7.99. The van der Waals surface area contributed by atoms with Crippen molar-refractivity contribution in [3.8, 4) is 0 Å². The van der Waals surface area contributed by atoms with Crippen LogP contribution >= 0.6 is 11.8 Å². The molecule has 0 atom stereocenters. The quantitative estimate of drug-likeness (QED) is 0.776. The van der Waals surface area contributed by atoms with Crippen LogP contribution in [0.2, 0.25) is 0 Å². The minimum absolute atomic E-state index is 0.0583. The number of hydrogen-bond donors (Lipinski definition) is 0. The molecule has 2 heterocycles. The largest absolute Gasteiger partial charge is 0.337 e. The van der Waals surface area contributed by atoms with Gasteiger partial charge in [-0.25, -0.2) is 9.97 Å². The minimum atomic E-state index is 0.0583. The second-order valence-electron chi connectivity index (χ2n) is 3.65. The molecule has 0 aromatic carbocycles. The van der Waals surface area contributed by atoms with Crippen LogP contribution in [-0.2, 0) is 6.42 Å². The molecule has 0 radical (unpaired) electrons. The summed E-state index contributed by atoms with van der Waals surface area (Å²) in [5.41, 5.74) is 0.601. The first-order valence-electron chi connectivity index (χ1n) is 5.49. The van der Waals surface area contributed by atoms with Crippen molar-refractivity contribution in [3.05, 3.63) is 23.8 Å². The SMILES string of the molecule is CCc1ncc(C(=O)N2CCSCC2)cn1. The van der Waals surface area contributed by atoms with Crippen LogP contribution in [0.3, 0.4) is 0 Å². The molecule has 4 nitrogen and oxygen atoms in total. The number of nitrogens with zero attached hydrogens (tertiary/aromatic N) is 3. The van der Waals surface area contributed by atoms with Gasteiger partial charge in [0.2, 0.25) is 0 Å². The van der Waals surface area contributed by atoms with Crippen LogP contribution in [0, 0.1) is 0 Å². The molecule has 1 saturated heterocycles. The second kappa shape index (κ2) is 5.30. The van der Waals surface area contributed by atoms with E-state index < -0.39 is 0 Å². The first-order valence-corrected chi connectivity index (χ1v) is 6.64. The van der Waals surface area contributed by atoms with E-state index in [2.05, 4.69) is 9.97 Å². The lowest BCUT2D eigenvalue weighted by Gasteiger charge is -2.26. The van der Waals surface area contributed by atoms with Crippen molar-refractivity contribution in [2.45, 2.75) is 13.3 Å². The number of aryl methyl sites for hydroxylation is 1. The molecule has 1 aliphatic heterocycles. The molecule has 1 aliphatic rings. The van der Waals surface area contributed by atoms with Crippen LogP contribution in [-0.4, -0.2) is 45.4 Å². The molecule has 0 unspecified atom stereocenters. The summed E-state index contributed by atoms with van der Waals surface area (Å²) in [6.45, 7) is 3.66. The highest BCUT2D eigenvalue weighted by Gasteiger charge is 2.18. The Bertz CT molecular complexity index is 360. The van der Waals surface area contributed by atoms with E-state index in [4.69, 9.17) is 0 Å². The van der Waals surface area contributed by atoms with Gasteiger partial charge in [0.05, 0.1) is 5.56 Å². The fourth-order valence-electron chi connectivity index (χ4n) is 1.60. The predicted molar refractivity (Wildman–Crippen MR) is 64.6 cm³/mol. The normalized spacial score (nSPS) is 16.2. The molecule has 1 fully saturated rings. The fraction of sp³-hybridized carbons (Fsp3) is 0.545. The zero-order valence-electron chi connectivity index (χ0n) is 9.35. The molecule has 0 aliphatic carbocycles. The van der Waals surface area contributed by atoms with Crippen LogP contribution < -0.4 is 0 Å². The fourth-order valence-corrected chi connectivity index (χ4v) is 2.50. The van der Waals surface area contributed by atoms with Gasteiger partial charge in [0.15, 0.2) is 0 Å². The third-order valence-corrected chi connectivity index (χ3v) is 3.51. The van der Waals surface area contributed by atoms with Gasteiger partial charge in [-0.3, -0.25) is 4.79 Å². The van der Waals surface area contributed by atoms with E-state index >= 15 is 0 Å². The Morgan fingerprint density at radius 3 is 2.56 bits per heavy atom. The standard InChI is InChI=1S/C11H15N3OS/c1-2-10-12-7-9(8-13-10)11(15)14-3-5-16-6-4-14/h7-8H,2-6H2,1H3. The Morgan fingerprint density at radius 1 is 1.38 bits per heavy atom. The maximum Gasteiger partial charge on any atom is 0.257 e. The van der Waals surface area contributed by atoms with Crippen molar-refractivity contribution in [2.75, 3.05) is 24.6 Å².